The molecule has 1 unspecified atom stereocenters. The number of nitro benzene ring substituents is 1. The van der Waals surface area contributed by atoms with Gasteiger partial charge < -0.3 is 10.6 Å². The van der Waals surface area contributed by atoms with E-state index in [9.17, 15) is 14.9 Å². The molecule has 0 spiro atoms. The lowest BCUT2D eigenvalue weighted by molar-refractivity contribution is -0.384. The number of rotatable bonds is 3. The van der Waals surface area contributed by atoms with Crippen molar-refractivity contribution in [3.63, 3.8) is 0 Å². The van der Waals surface area contributed by atoms with E-state index in [2.05, 4.69) is 0 Å². The lowest BCUT2D eigenvalue weighted by Gasteiger charge is -2.18. The minimum atomic E-state index is -0.535. The number of nitrogens with zero attached hydrogens (tertiary/aromatic N) is 2. The molecule has 1 atom stereocenters. The number of nitrogen functional groups attached to an aromatic ring is 1. The first-order valence-electron chi connectivity index (χ1n) is 5.43. The SMILES string of the molecule is Nc1cccc([N+](=O)[O-])c1N1CC(CCl)CC1=O. The summed E-state index contributed by atoms with van der Waals surface area (Å²) in [6.45, 7) is 0.372. The van der Waals surface area contributed by atoms with Crippen molar-refractivity contribution in [3.05, 3.63) is 28.3 Å². The highest BCUT2D eigenvalue weighted by molar-refractivity contribution is 6.18. The Hall–Kier alpha value is -1.82. The standard InChI is InChI=1S/C11H12ClN3O3/c12-5-7-4-10(16)14(6-7)11-8(13)2-1-3-9(11)15(17)18/h1-3,7H,4-6,13H2. The third-order valence-corrected chi connectivity index (χ3v) is 3.37. The minimum absolute atomic E-state index is 0.0124. The van der Waals surface area contributed by atoms with Crippen molar-refractivity contribution < 1.29 is 9.72 Å². The average molecular weight is 270 g/mol. The zero-order chi connectivity index (χ0) is 13.3. The minimum Gasteiger partial charge on any atom is -0.397 e. The van der Waals surface area contributed by atoms with Gasteiger partial charge >= 0.3 is 0 Å². The number of hydrogen-bond donors (Lipinski definition) is 1. The van der Waals surface area contributed by atoms with Gasteiger partial charge in [-0.2, -0.15) is 0 Å². The third kappa shape index (κ3) is 2.11. The quantitative estimate of drug-likeness (QED) is 0.392. The van der Waals surface area contributed by atoms with Crippen LogP contribution in [0.4, 0.5) is 17.1 Å². The Morgan fingerprint density at radius 3 is 2.83 bits per heavy atom. The fourth-order valence-corrected chi connectivity index (χ4v) is 2.30. The van der Waals surface area contributed by atoms with Gasteiger partial charge in [-0.15, -0.1) is 11.6 Å². The summed E-state index contributed by atoms with van der Waals surface area (Å²) < 4.78 is 0. The zero-order valence-corrected chi connectivity index (χ0v) is 10.3. The molecule has 1 heterocycles. The molecule has 0 radical (unpaired) electrons. The van der Waals surface area contributed by atoms with Gasteiger partial charge in [0.1, 0.15) is 5.69 Å². The Labute approximate surface area is 108 Å². The van der Waals surface area contributed by atoms with Crippen LogP contribution in [0.1, 0.15) is 6.42 Å². The molecule has 1 aliphatic rings. The number of benzene rings is 1. The molecule has 2 N–H and O–H groups in total. The fourth-order valence-electron chi connectivity index (χ4n) is 2.09. The van der Waals surface area contributed by atoms with E-state index >= 15 is 0 Å². The van der Waals surface area contributed by atoms with Gasteiger partial charge in [0.2, 0.25) is 5.91 Å². The molecule has 1 fully saturated rings. The second-order valence-corrected chi connectivity index (χ2v) is 4.51. The molecule has 0 bridgehead atoms. The van der Waals surface area contributed by atoms with Crippen molar-refractivity contribution in [1.82, 2.24) is 0 Å². The average Bonchev–Trinajstić information content (AvgIpc) is 2.70. The number of para-hydroxylation sites is 1. The fraction of sp³-hybridized carbons (Fsp3) is 0.364. The smallest absolute Gasteiger partial charge is 0.295 e. The molecule has 0 aliphatic carbocycles. The number of carbonyl (C=O) groups is 1. The number of carbonyl (C=O) groups excluding carboxylic acids is 1. The summed E-state index contributed by atoms with van der Waals surface area (Å²) in [7, 11) is 0. The highest BCUT2D eigenvalue weighted by Crippen LogP contribution is 2.37. The molecule has 1 saturated heterocycles. The molecule has 96 valence electrons. The number of nitrogens with two attached hydrogens (primary N) is 1. The van der Waals surface area contributed by atoms with Gasteiger partial charge in [0.05, 0.1) is 10.6 Å². The van der Waals surface area contributed by atoms with Gasteiger partial charge in [0.25, 0.3) is 5.69 Å². The van der Waals surface area contributed by atoms with Crippen LogP contribution in [-0.4, -0.2) is 23.3 Å². The Bertz CT molecular complexity index is 506. The molecule has 1 aromatic carbocycles. The van der Waals surface area contributed by atoms with Crippen molar-refractivity contribution in [2.45, 2.75) is 6.42 Å². The lowest BCUT2D eigenvalue weighted by atomic mass is 10.1. The van der Waals surface area contributed by atoms with E-state index in [1.54, 1.807) is 6.07 Å². The Kier molecular flexibility index (Phi) is 3.38. The normalized spacial score (nSPS) is 19.3. The first-order valence-corrected chi connectivity index (χ1v) is 5.97. The van der Waals surface area contributed by atoms with Gasteiger partial charge in [0, 0.05) is 24.9 Å². The maximum absolute atomic E-state index is 11.9. The molecule has 0 aromatic heterocycles. The second-order valence-electron chi connectivity index (χ2n) is 4.20. The van der Waals surface area contributed by atoms with E-state index in [1.165, 1.54) is 17.0 Å². The van der Waals surface area contributed by atoms with Crippen molar-refractivity contribution >= 4 is 34.6 Å². The molecule has 0 saturated carbocycles. The van der Waals surface area contributed by atoms with Gasteiger partial charge in [-0.1, -0.05) is 6.07 Å². The van der Waals surface area contributed by atoms with E-state index in [-0.39, 0.29) is 28.9 Å². The highest BCUT2D eigenvalue weighted by Gasteiger charge is 2.34. The maximum Gasteiger partial charge on any atom is 0.295 e. The molecule has 6 nitrogen and oxygen atoms in total. The largest absolute Gasteiger partial charge is 0.397 e. The molecule has 2 rings (SSSR count). The van der Waals surface area contributed by atoms with Gasteiger partial charge in [-0.25, -0.2) is 0 Å². The van der Waals surface area contributed by atoms with E-state index in [1.807, 2.05) is 0 Å². The predicted molar refractivity (Wildman–Crippen MR) is 68.7 cm³/mol. The summed E-state index contributed by atoms with van der Waals surface area (Å²) in [5, 5.41) is 11.0. The van der Waals surface area contributed by atoms with Crippen LogP contribution in [-0.2, 0) is 4.79 Å². The first-order chi connectivity index (χ1) is 8.54. The summed E-state index contributed by atoms with van der Waals surface area (Å²) in [6.07, 6.45) is 0.301. The molecule has 1 aromatic rings. The van der Waals surface area contributed by atoms with Gasteiger partial charge in [0.15, 0.2) is 0 Å². The highest BCUT2D eigenvalue weighted by atomic mass is 35.5. The molecule has 1 aliphatic heterocycles. The number of anilines is 2. The Morgan fingerprint density at radius 2 is 2.28 bits per heavy atom. The summed E-state index contributed by atoms with van der Waals surface area (Å²) in [5.41, 5.74) is 6.01. The van der Waals surface area contributed by atoms with Crippen molar-refractivity contribution in [2.24, 2.45) is 5.92 Å². The Morgan fingerprint density at radius 1 is 1.56 bits per heavy atom. The molecule has 18 heavy (non-hydrogen) atoms. The first kappa shape index (κ1) is 12.6. The molecule has 7 heteroatoms. The number of hydrogen-bond acceptors (Lipinski definition) is 4. The predicted octanol–water partition coefficient (Wildman–Crippen LogP) is 1.77. The summed E-state index contributed by atoms with van der Waals surface area (Å²) >= 11 is 5.72. The molecule has 1 amide bonds. The molecular formula is C11H12ClN3O3. The van der Waals surface area contributed by atoms with Crippen LogP contribution >= 0.6 is 11.6 Å². The van der Waals surface area contributed by atoms with Crippen LogP contribution in [0.15, 0.2) is 18.2 Å². The van der Waals surface area contributed by atoms with E-state index in [4.69, 9.17) is 17.3 Å². The summed E-state index contributed by atoms with van der Waals surface area (Å²) in [6, 6.07) is 4.38. The zero-order valence-electron chi connectivity index (χ0n) is 9.51. The van der Waals surface area contributed by atoms with Crippen molar-refractivity contribution in [1.29, 1.82) is 0 Å². The van der Waals surface area contributed by atoms with Crippen LogP contribution in [0.2, 0.25) is 0 Å². The number of halogens is 1. The summed E-state index contributed by atoms with van der Waals surface area (Å²) in [5.74, 6) is 0.183. The van der Waals surface area contributed by atoms with Crippen LogP contribution in [0.3, 0.4) is 0 Å². The Balaban J connectivity index is 2.45. The lowest BCUT2D eigenvalue weighted by Crippen LogP contribution is -2.26. The van der Waals surface area contributed by atoms with Crippen LogP contribution in [0, 0.1) is 16.0 Å². The topological polar surface area (TPSA) is 89.5 Å². The van der Waals surface area contributed by atoms with Gasteiger partial charge in [-0.05, 0) is 12.0 Å². The van der Waals surface area contributed by atoms with Crippen LogP contribution < -0.4 is 10.6 Å². The third-order valence-electron chi connectivity index (χ3n) is 2.94. The van der Waals surface area contributed by atoms with Gasteiger partial charge in [-0.3, -0.25) is 14.9 Å². The monoisotopic (exact) mass is 269 g/mol. The number of alkyl halides is 1. The van der Waals surface area contributed by atoms with Crippen molar-refractivity contribution in [2.75, 3.05) is 23.1 Å². The maximum atomic E-state index is 11.9. The van der Waals surface area contributed by atoms with Crippen LogP contribution in [0.5, 0.6) is 0 Å². The van der Waals surface area contributed by atoms with E-state index in [0.29, 0.717) is 18.8 Å². The van der Waals surface area contributed by atoms with Crippen LogP contribution in [0.25, 0.3) is 0 Å². The van der Waals surface area contributed by atoms with E-state index < -0.39 is 4.92 Å². The number of amides is 1. The molecular weight excluding hydrogens is 258 g/mol. The number of nitro groups is 1. The summed E-state index contributed by atoms with van der Waals surface area (Å²) in [4.78, 5) is 23.7. The van der Waals surface area contributed by atoms with E-state index in [0.717, 1.165) is 0 Å². The van der Waals surface area contributed by atoms with Crippen molar-refractivity contribution in [3.8, 4) is 0 Å². The second kappa shape index (κ2) is 4.81.